The fraction of sp³-hybridized carbons (Fsp3) is 0.645. The Bertz CT molecular complexity index is 1210. The van der Waals surface area contributed by atoms with Crippen LogP contribution >= 0.6 is 0 Å². The van der Waals surface area contributed by atoms with Crippen molar-refractivity contribution in [2.75, 3.05) is 13.2 Å². The summed E-state index contributed by atoms with van der Waals surface area (Å²) in [7, 11) is 0. The third kappa shape index (κ3) is 4.35. The number of rotatable bonds is 9. The second-order valence-corrected chi connectivity index (χ2v) is 11.3. The summed E-state index contributed by atoms with van der Waals surface area (Å²) >= 11 is 0. The van der Waals surface area contributed by atoms with Crippen LogP contribution in [-0.4, -0.2) is 29.0 Å². The Morgan fingerprint density at radius 1 is 1.27 bits per heavy atom. The number of aromatic nitrogens is 2. The molecule has 6 heteroatoms. The molecule has 4 atom stereocenters. The van der Waals surface area contributed by atoms with Gasteiger partial charge in [-0.1, -0.05) is 33.3 Å². The summed E-state index contributed by atoms with van der Waals surface area (Å²) in [6, 6.07) is 7.05. The summed E-state index contributed by atoms with van der Waals surface area (Å²) in [6.07, 6.45) is 8.94. The van der Waals surface area contributed by atoms with Crippen LogP contribution in [0.4, 0.5) is 0 Å². The van der Waals surface area contributed by atoms with Gasteiger partial charge in [0, 0.05) is 16.7 Å². The van der Waals surface area contributed by atoms with Gasteiger partial charge in [0.25, 0.3) is 0 Å². The molecule has 198 valence electrons. The third-order valence-electron chi connectivity index (χ3n) is 9.35. The largest absolute Gasteiger partial charge is 0.493 e. The lowest BCUT2D eigenvalue weighted by Gasteiger charge is -2.49. The second kappa shape index (κ2) is 10.5. The molecule has 1 aromatic heterocycles. The number of nitrogens with zero attached hydrogens (tertiary/aromatic N) is 3. The van der Waals surface area contributed by atoms with Crippen LogP contribution in [0.15, 0.2) is 12.1 Å². The third-order valence-corrected chi connectivity index (χ3v) is 9.35. The first-order chi connectivity index (χ1) is 18.0. The Labute approximate surface area is 221 Å². The minimum absolute atomic E-state index is 0.0298. The molecule has 6 nitrogen and oxygen atoms in total. The van der Waals surface area contributed by atoms with E-state index in [1.807, 2.05) is 11.6 Å². The van der Waals surface area contributed by atoms with Crippen LogP contribution < -0.4 is 4.74 Å². The molecule has 3 unspecified atom stereocenters. The van der Waals surface area contributed by atoms with Crippen molar-refractivity contribution in [1.29, 1.82) is 5.26 Å². The second-order valence-electron chi connectivity index (χ2n) is 11.3. The maximum atomic E-state index is 12.9. The minimum Gasteiger partial charge on any atom is -0.493 e. The Morgan fingerprint density at radius 3 is 2.84 bits per heavy atom. The number of esters is 1. The number of carbonyl (C=O) groups excluding carboxylic acids is 1. The first kappa shape index (κ1) is 25.8. The van der Waals surface area contributed by atoms with Gasteiger partial charge >= 0.3 is 5.97 Å². The molecule has 0 saturated heterocycles. The van der Waals surface area contributed by atoms with Crippen LogP contribution in [0.1, 0.15) is 111 Å². The number of fused-ring (bicyclic) bond motifs is 7. The highest BCUT2D eigenvalue weighted by Crippen LogP contribution is 2.60. The van der Waals surface area contributed by atoms with Gasteiger partial charge in [-0.2, -0.15) is 10.4 Å². The van der Waals surface area contributed by atoms with Gasteiger partial charge < -0.3 is 9.47 Å². The van der Waals surface area contributed by atoms with E-state index in [9.17, 15) is 10.1 Å². The quantitative estimate of drug-likeness (QED) is 0.297. The van der Waals surface area contributed by atoms with E-state index in [1.54, 1.807) is 0 Å². The lowest BCUT2D eigenvalue weighted by molar-refractivity contribution is 0.0514. The average molecular weight is 504 g/mol. The molecule has 0 N–H and O–H groups in total. The zero-order valence-corrected chi connectivity index (χ0v) is 22.9. The molecule has 0 amide bonds. The molecule has 1 saturated carbocycles. The van der Waals surface area contributed by atoms with Crippen molar-refractivity contribution in [3.8, 4) is 11.8 Å². The SMILES string of the molecule is CCCCOc1cc2c(cc1CC)C1CC[C@]3(C)c4c(c(C(=O)OCC)nn4CCC#N)CC3C1CC2. The number of aryl methyl sites for hydroxylation is 3. The molecule has 1 fully saturated rings. The molecular formula is C31H41N3O3. The first-order valence-electron chi connectivity index (χ1n) is 14.4. The average Bonchev–Trinajstić information content (AvgIpc) is 3.42. The number of hydrogen-bond acceptors (Lipinski definition) is 5. The maximum absolute atomic E-state index is 12.9. The van der Waals surface area contributed by atoms with E-state index in [0.717, 1.165) is 62.9 Å². The standard InChI is InChI=1S/C31H41N3O3/c1-5-8-16-37-27-18-21-10-11-23-22(24(21)17-20(27)6-2)12-13-31(4)26(23)19-25-28(30(35)36-7-3)33-34(29(25)31)15-9-14-32/h17-18,22-23,26H,5-13,15-16,19H2,1-4H3/t22?,23?,26?,31-/m0/s1. The highest BCUT2D eigenvalue weighted by atomic mass is 16.5. The van der Waals surface area contributed by atoms with Gasteiger partial charge in [0.15, 0.2) is 5.69 Å². The summed E-state index contributed by atoms with van der Waals surface area (Å²) in [5.41, 5.74) is 7.04. The Hall–Kier alpha value is -2.81. The Kier molecular flexibility index (Phi) is 7.34. The zero-order valence-electron chi connectivity index (χ0n) is 22.9. The smallest absolute Gasteiger partial charge is 0.359 e. The fourth-order valence-corrected chi connectivity index (χ4v) is 7.61. The number of hydrogen-bond donors (Lipinski definition) is 0. The van der Waals surface area contributed by atoms with Crippen LogP contribution in [-0.2, 0) is 36.0 Å². The molecule has 0 aliphatic heterocycles. The minimum atomic E-state index is -0.328. The molecule has 0 radical (unpaired) electrons. The summed E-state index contributed by atoms with van der Waals surface area (Å²) in [6.45, 7) is 10.3. The van der Waals surface area contributed by atoms with Crippen LogP contribution in [0.2, 0.25) is 0 Å². The molecular weight excluding hydrogens is 462 g/mol. The monoisotopic (exact) mass is 503 g/mol. The number of unbranched alkanes of at least 4 members (excludes halogenated alkanes) is 1. The van der Waals surface area contributed by atoms with E-state index >= 15 is 0 Å². The zero-order chi connectivity index (χ0) is 26.2. The van der Waals surface area contributed by atoms with Crippen LogP contribution in [0.25, 0.3) is 0 Å². The Morgan fingerprint density at radius 2 is 2.11 bits per heavy atom. The molecule has 2 aromatic rings. The lowest BCUT2D eigenvalue weighted by Crippen LogP contribution is -2.44. The van der Waals surface area contributed by atoms with Crippen molar-refractivity contribution in [2.24, 2.45) is 11.8 Å². The first-order valence-corrected chi connectivity index (χ1v) is 14.4. The van der Waals surface area contributed by atoms with Crippen molar-refractivity contribution < 1.29 is 14.3 Å². The predicted molar refractivity (Wildman–Crippen MR) is 143 cm³/mol. The molecule has 1 heterocycles. The van der Waals surface area contributed by atoms with E-state index < -0.39 is 0 Å². The number of benzene rings is 1. The molecule has 0 spiro atoms. The van der Waals surface area contributed by atoms with Crippen LogP contribution in [0.3, 0.4) is 0 Å². The summed E-state index contributed by atoms with van der Waals surface area (Å²) in [5.74, 6) is 2.35. The van der Waals surface area contributed by atoms with Crippen molar-refractivity contribution in [1.82, 2.24) is 9.78 Å². The number of nitriles is 1. The Balaban J connectivity index is 1.48. The summed E-state index contributed by atoms with van der Waals surface area (Å²) in [4.78, 5) is 12.9. The molecule has 5 rings (SSSR count). The molecule has 3 aliphatic rings. The van der Waals surface area contributed by atoms with Gasteiger partial charge in [-0.05, 0) is 92.4 Å². The van der Waals surface area contributed by atoms with Gasteiger partial charge in [-0.15, -0.1) is 0 Å². The molecule has 3 aliphatic carbocycles. The lowest BCUT2D eigenvalue weighted by atomic mass is 9.55. The van der Waals surface area contributed by atoms with E-state index in [-0.39, 0.29) is 11.4 Å². The van der Waals surface area contributed by atoms with E-state index in [1.165, 1.54) is 28.8 Å². The predicted octanol–water partition coefficient (Wildman–Crippen LogP) is 6.28. The van der Waals surface area contributed by atoms with Crippen LogP contribution in [0, 0.1) is 23.2 Å². The van der Waals surface area contributed by atoms with Gasteiger partial charge in [-0.25, -0.2) is 4.79 Å². The van der Waals surface area contributed by atoms with Gasteiger partial charge in [0.1, 0.15) is 5.75 Å². The highest BCUT2D eigenvalue weighted by Gasteiger charge is 2.56. The van der Waals surface area contributed by atoms with E-state index in [0.29, 0.717) is 43.0 Å². The molecule has 37 heavy (non-hydrogen) atoms. The van der Waals surface area contributed by atoms with E-state index in [4.69, 9.17) is 14.6 Å². The normalized spacial score (nSPS) is 25.4. The molecule has 1 aromatic carbocycles. The van der Waals surface area contributed by atoms with Crippen LogP contribution in [0.5, 0.6) is 5.75 Å². The van der Waals surface area contributed by atoms with Gasteiger partial charge in [0.2, 0.25) is 0 Å². The topological polar surface area (TPSA) is 77.1 Å². The molecule has 0 bridgehead atoms. The van der Waals surface area contributed by atoms with Gasteiger partial charge in [-0.3, -0.25) is 4.68 Å². The number of carbonyl (C=O) groups is 1. The highest BCUT2D eigenvalue weighted by molar-refractivity contribution is 5.89. The maximum Gasteiger partial charge on any atom is 0.359 e. The summed E-state index contributed by atoms with van der Waals surface area (Å²) in [5, 5.41) is 14.0. The summed E-state index contributed by atoms with van der Waals surface area (Å²) < 4.78 is 13.6. The van der Waals surface area contributed by atoms with Crippen molar-refractivity contribution in [3.05, 3.63) is 45.8 Å². The van der Waals surface area contributed by atoms with E-state index in [2.05, 4.69) is 39.0 Å². The van der Waals surface area contributed by atoms with Gasteiger partial charge in [0.05, 0.1) is 32.2 Å². The van der Waals surface area contributed by atoms with Crippen molar-refractivity contribution in [2.45, 2.75) is 103 Å². The van der Waals surface area contributed by atoms with Crippen molar-refractivity contribution in [3.63, 3.8) is 0 Å². The number of ether oxygens (including phenoxy) is 2. The fourth-order valence-electron chi connectivity index (χ4n) is 7.61. The van der Waals surface area contributed by atoms with Crippen molar-refractivity contribution >= 4 is 5.97 Å².